The van der Waals surface area contributed by atoms with Crippen LogP contribution in [0.5, 0.6) is 5.88 Å². The lowest BCUT2D eigenvalue weighted by atomic mass is 10.0. The van der Waals surface area contributed by atoms with Crippen molar-refractivity contribution in [3.63, 3.8) is 0 Å². The Morgan fingerprint density at radius 3 is 2.37 bits per heavy atom. The molecule has 1 aliphatic rings. The maximum Gasteiger partial charge on any atom is 0.410 e. The summed E-state index contributed by atoms with van der Waals surface area (Å²) in [7, 11) is -2.57. The first-order valence-electron chi connectivity index (χ1n) is 13.3. The summed E-state index contributed by atoms with van der Waals surface area (Å²) in [4.78, 5) is 28.9. The molecule has 2 aromatic heterocycles. The van der Waals surface area contributed by atoms with Crippen LogP contribution in [-0.4, -0.2) is 73.3 Å². The van der Waals surface area contributed by atoms with Crippen molar-refractivity contribution in [3.05, 3.63) is 66.6 Å². The van der Waals surface area contributed by atoms with E-state index in [0.29, 0.717) is 65.5 Å². The molecule has 5 rings (SSSR count). The van der Waals surface area contributed by atoms with Crippen molar-refractivity contribution in [2.24, 2.45) is 0 Å². The van der Waals surface area contributed by atoms with Gasteiger partial charge in [-0.1, -0.05) is 6.07 Å². The SMILES string of the molecule is COc1ncc(-c2ccc3ncnc(N4CCN(C(=O)OC(C)(C)C)CC4)c3c2)cc1SS(=O)(=O)c1ccc(F)cc1F. The molecule has 0 atom stereocenters. The number of halogens is 2. The predicted octanol–water partition coefficient (Wildman–Crippen LogP) is 5.52. The summed E-state index contributed by atoms with van der Waals surface area (Å²) in [5.41, 5.74) is 1.40. The number of benzene rings is 2. The van der Waals surface area contributed by atoms with Crippen LogP contribution in [0.15, 0.2) is 64.8 Å². The van der Waals surface area contributed by atoms with Gasteiger partial charge in [-0.15, -0.1) is 0 Å². The first kappa shape index (κ1) is 30.4. The molecule has 0 N–H and O–H groups in total. The van der Waals surface area contributed by atoms with E-state index in [1.54, 1.807) is 11.0 Å². The zero-order valence-corrected chi connectivity index (χ0v) is 25.5. The molecular weight excluding hydrogens is 600 g/mol. The largest absolute Gasteiger partial charge is 0.480 e. The van der Waals surface area contributed by atoms with Gasteiger partial charge in [-0.3, -0.25) is 0 Å². The second kappa shape index (κ2) is 11.9. The highest BCUT2D eigenvalue weighted by molar-refractivity contribution is 8.72. The average molecular weight is 630 g/mol. The molecule has 1 fully saturated rings. The number of pyridine rings is 1. The summed E-state index contributed by atoms with van der Waals surface area (Å²) in [6.07, 6.45) is 2.67. The third-order valence-corrected chi connectivity index (χ3v) is 9.85. The molecule has 43 heavy (non-hydrogen) atoms. The number of methoxy groups -OCH3 is 1. The van der Waals surface area contributed by atoms with E-state index >= 15 is 0 Å². The first-order chi connectivity index (χ1) is 20.3. The molecule has 3 heterocycles. The summed E-state index contributed by atoms with van der Waals surface area (Å²) < 4.78 is 64.6. The van der Waals surface area contributed by atoms with Crippen molar-refractivity contribution < 1.29 is 31.5 Å². The fourth-order valence-corrected chi connectivity index (χ4v) is 7.53. The van der Waals surface area contributed by atoms with Gasteiger partial charge < -0.3 is 19.3 Å². The second-order valence-corrected chi connectivity index (χ2v) is 14.5. The van der Waals surface area contributed by atoms with E-state index in [1.165, 1.54) is 19.6 Å². The van der Waals surface area contributed by atoms with Crippen LogP contribution >= 0.6 is 10.8 Å². The highest BCUT2D eigenvalue weighted by atomic mass is 33.1. The van der Waals surface area contributed by atoms with E-state index in [-0.39, 0.29) is 16.9 Å². The van der Waals surface area contributed by atoms with E-state index in [0.717, 1.165) is 17.5 Å². The number of anilines is 1. The fraction of sp³-hybridized carbons (Fsp3) is 0.310. The summed E-state index contributed by atoms with van der Waals surface area (Å²) in [6.45, 7) is 7.50. The number of piperazine rings is 1. The average Bonchev–Trinajstić information content (AvgIpc) is 2.95. The van der Waals surface area contributed by atoms with Crippen LogP contribution in [0, 0.1) is 11.6 Å². The fourth-order valence-electron chi connectivity index (χ4n) is 4.55. The Hall–Kier alpha value is -4.04. The van der Waals surface area contributed by atoms with Crippen molar-refractivity contribution >= 4 is 42.5 Å². The van der Waals surface area contributed by atoms with Crippen LogP contribution in [0.2, 0.25) is 0 Å². The third kappa shape index (κ3) is 6.80. The molecular formula is C29H29F2N5O5S2. The Bertz CT molecular complexity index is 1790. The lowest BCUT2D eigenvalue weighted by molar-refractivity contribution is 0.0240. The van der Waals surface area contributed by atoms with Gasteiger partial charge in [0.2, 0.25) is 14.7 Å². The van der Waals surface area contributed by atoms with Crippen LogP contribution in [0.4, 0.5) is 19.4 Å². The molecule has 14 heteroatoms. The van der Waals surface area contributed by atoms with Gasteiger partial charge in [0.15, 0.2) is 0 Å². The zero-order chi connectivity index (χ0) is 30.9. The topological polar surface area (TPSA) is 115 Å². The van der Waals surface area contributed by atoms with E-state index < -0.39 is 31.0 Å². The lowest BCUT2D eigenvalue weighted by Crippen LogP contribution is -2.50. The van der Waals surface area contributed by atoms with E-state index in [9.17, 15) is 22.0 Å². The summed E-state index contributed by atoms with van der Waals surface area (Å²) >= 11 is 0. The molecule has 0 bridgehead atoms. The number of fused-ring (bicyclic) bond motifs is 1. The number of ether oxygens (including phenoxy) is 2. The van der Waals surface area contributed by atoms with Crippen LogP contribution in [-0.2, 0) is 13.6 Å². The molecule has 0 unspecified atom stereocenters. The Morgan fingerprint density at radius 2 is 1.70 bits per heavy atom. The van der Waals surface area contributed by atoms with Crippen LogP contribution < -0.4 is 9.64 Å². The van der Waals surface area contributed by atoms with Crippen LogP contribution in [0.1, 0.15) is 20.8 Å². The third-order valence-electron chi connectivity index (χ3n) is 6.55. The molecule has 10 nitrogen and oxygen atoms in total. The number of aromatic nitrogens is 3. The van der Waals surface area contributed by atoms with E-state index in [1.807, 2.05) is 39.0 Å². The zero-order valence-electron chi connectivity index (χ0n) is 23.9. The predicted molar refractivity (Wildman–Crippen MR) is 159 cm³/mol. The molecule has 1 aliphatic heterocycles. The molecule has 0 spiro atoms. The Balaban J connectivity index is 1.43. The van der Waals surface area contributed by atoms with Crippen molar-refractivity contribution in [2.45, 2.75) is 36.2 Å². The number of carbonyl (C=O) groups excluding carboxylic acids is 1. The quantitative estimate of drug-likeness (QED) is 0.253. The number of carbonyl (C=O) groups is 1. The van der Waals surface area contributed by atoms with Crippen molar-refractivity contribution in [1.82, 2.24) is 19.9 Å². The molecule has 1 amide bonds. The monoisotopic (exact) mass is 629 g/mol. The molecule has 0 saturated carbocycles. The summed E-state index contributed by atoms with van der Waals surface area (Å²) in [5.74, 6) is -1.34. The number of hydrogen-bond acceptors (Lipinski definition) is 10. The van der Waals surface area contributed by atoms with E-state index in [2.05, 4.69) is 19.9 Å². The standard InChI is InChI=1S/C29H29F2N5O5S2/c1-29(2,3)41-28(37)36-11-9-35(10-12-36)26-21-13-18(5-7-23(21)33-17-34-26)19-14-24(27(40-4)32-16-19)42-43(38,39)25-8-6-20(30)15-22(25)31/h5-8,13-17H,9-12H2,1-4H3. The van der Waals surface area contributed by atoms with Gasteiger partial charge in [0.05, 0.1) is 17.5 Å². The molecule has 226 valence electrons. The van der Waals surface area contributed by atoms with Crippen LogP contribution in [0.25, 0.3) is 22.0 Å². The normalized spacial score (nSPS) is 14.2. The maximum absolute atomic E-state index is 14.3. The highest BCUT2D eigenvalue weighted by Crippen LogP contribution is 2.39. The van der Waals surface area contributed by atoms with Gasteiger partial charge in [0, 0.05) is 60.2 Å². The molecule has 1 saturated heterocycles. The smallest absolute Gasteiger partial charge is 0.410 e. The van der Waals surface area contributed by atoms with Crippen LogP contribution in [0.3, 0.4) is 0 Å². The Labute approximate surface area is 251 Å². The first-order valence-corrected chi connectivity index (χ1v) is 16.1. The highest BCUT2D eigenvalue weighted by Gasteiger charge is 2.28. The van der Waals surface area contributed by atoms with Crippen molar-refractivity contribution in [2.75, 3.05) is 38.2 Å². The van der Waals surface area contributed by atoms with Gasteiger partial charge in [0.25, 0.3) is 0 Å². The minimum atomic E-state index is -4.28. The molecule has 0 radical (unpaired) electrons. The van der Waals surface area contributed by atoms with Gasteiger partial charge in [0.1, 0.15) is 34.3 Å². The Morgan fingerprint density at radius 1 is 0.953 bits per heavy atom. The Kier molecular flexibility index (Phi) is 8.43. The van der Waals surface area contributed by atoms with Gasteiger partial charge >= 0.3 is 6.09 Å². The van der Waals surface area contributed by atoms with Crippen molar-refractivity contribution in [3.8, 4) is 17.0 Å². The number of amides is 1. The maximum atomic E-state index is 14.3. The van der Waals surface area contributed by atoms with Gasteiger partial charge in [-0.25, -0.2) is 36.9 Å². The van der Waals surface area contributed by atoms with Gasteiger partial charge in [-0.2, -0.15) is 0 Å². The van der Waals surface area contributed by atoms with Crippen molar-refractivity contribution in [1.29, 1.82) is 0 Å². The minimum absolute atomic E-state index is 0.0347. The number of rotatable bonds is 6. The van der Waals surface area contributed by atoms with Gasteiger partial charge in [-0.05, 0) is 56.7 Å². The minimum Gasteiger partial charge on any atom is -0.480 e. The molecule has 0 aliphatic carbocycles. The second-order valence-electron chi connectivity index (χ2n) is 10.7. The molecule has 2 aromatic carbocycles. The number of nitrogens with zero attached hydrogens (tertiary/aromatic N) is 5. The van der Waals surface area contributed by atoms with E-state index in [4.69, 9.17) is 9.47 Å². The number of hydrogen-bond donors (Lipinski definition) is 0. The molecule has 4 aromatic rings. The lowest BCUT2D eigenvalue weighted by Gasteiger charge is -2.36. The summed E-state index contributed by atoms with van der Waals surface area (Å²) in [5, 5.41) is 0.761. The summed E-state index contributed by atoms with van der Waals surface area (Å²) in [6, 6.07) is 9.41.